The van der Waals surface area contributed by atoms with Gasteiger partial charge >= 0.3 is 0 Å². The maximum atomic E-state index is 13.4. The molecule has 0 amide bonds. The van der Waals surface area contributed by atoms with E-state index in [9.17, 15) is 21.6 Å². The molecule has 1 aromatic carbocycles. The van der Waals surface area contributed by atoms with Gasteiger partial charge in [-0.1, -0.05) is 0 Å². The minimum atomic E-state index is -4.19. The highest BCUT2D eigenvalue weighted by atomic mass is 32.2. The third-order valence-electron chi connectivity index (χ3n) is 3.06. The Bertz CT molecular complexity index is 560. The first-order valence-corrected chi connectivity index (χ1v) is 7.78. The second kappa shape index (κ2) is 7.05. The Hall–Kier alpha value is -1.12. The number of likely N-dealkylation sites (N-methyl/N-ethyl adjacent to an activating group) is 1. The Morgan fingerprint density at radius 3 is 2.25 bits per heavy atom. The predicted octanol–water partition coefficient (Wildman–Crippen LogP) is 0.307. The van der Waals surface area contributed by atoms with Gasteiger partial charge in [0.05, 0.1) is 26.2 Å². The Morgan fingerprint density at radius 2 is 1.70 bits per heavy atom. The highest BCUT2D eigenvalue weighted by Crippen LogP contribution is 2.19. The summed E-state index contributed by atoms with van der Waals surface area (Å²) < 4.78 is 65.1. The number of hydrogen-bond donors (Lipinski definition) is 2. The molecule has 1 rings (SSSR count). The molecule has 2 N–H and O–H groups in total. The summed E-state index contributed by atoms with van der Waals surface area (Å²) in [6.45, 7) is 6.20. The fourth-order valence-corrected chi connectivity index (χ4v) is 2.86. The van der Waals surface area contributed by atoms with Gasteiger partial charge in [0.1, 0.15) is 4.90 Å². The zero-order valence-corrected chi connectivity index (χ0v) is 12.2. The van der Waals surface area contributed by atoms with Gasteiger partial charge in [0.2, 0.25) is 10.0 Å². The van der Waals surface area contributed by atoms with E-state index in [1.165, 1.54) is 4.90 Å². The van der Waals surface area contributed by atoms with E-state index in [1.807, 2.05) is 13.8 Å². The molecule has 0 aliphatic rings. The fraction of sp³-hybridized carbons (Fsp3) is 0.500. The van der Waals surface area contributed by atoms with Crippen LogP contribution >= 0.6 is 0 Å². The van der Waals surface area contributed by atoms with Crippen LogP contribution in [0.15, 0.2) is 17.0 Å². The molecule has 0 unspecified atom stereocenters. The van der Waals surface area contributed by atoms with E-state index in [0.717, 1.165) is 13.1 Å². The lowest BCUT2D eigenvalue weighted by atomic mass is 10.3. The summed E-state index contributed by atoms with van der Waals surface area (Å²) in [6, 6.07) is 1.29. The maximum Gasteiger partial charge on any atom is 0.243 e. The van der Waals surface area contributed by atoms with Crippen molar-refractivity contribution in [1.29, 1.82) is 0 Å². The molecular weight excluding hydrogens is 293 g/mol. The second-order valence-corrected chi connectivity index (χ2v) is 6.01. The van der Waals surface area contributed by atoms with Gasteiger partial charge in [-0.15, -0.1) is 0 Å². The average Bonchev–Trinajstić information content (AvgIpc) is 2.40. The average molecular weight is 311 g/mol. The van der Waals surface area contributed by atoms with E-state index in [1.54, 1.807) is 0 Å². The van der Waals surface area contributed by atoms with E-state index >= 15 is 0 Å². The highest BCUT2D eigenvalue weighted by molar-refractivity contribution is 7.89. The van der Waals surface area contributed by atoms with Gasteiger partial charge in [-0.3, -0.25) is 0 Å². The summed E-state index contributed by atoms with van der Waals surface area (Å²) in [5.41, 5.74) is 0. The van der Waals surface area contributed by atoms with E-state index < -0.39 is 32.4 Å². The van der Waals surface area contributed by atoms with Crippen molar-refractivity contribution in [3.63, 3.8) is 0 Å². The summed E-state index contributed by atoms with van der Waals surface area (Å²) in [6.07, 6.45) is 0. The SMILES string of the molecule is CC[NH+](CC)CCNS(=O)(=O)c1ccc(F)c(F)c1F. The molecule has 0 saturated heterocycles. The van der Waals surface area contributed by atoms with Crippen molar-refractivity contribution >= 4 is 10.0 Å². The number of halogens is 3. The maximum absolute atomic E-state index is 13.4. The molecule has 8 heteroatoms. The second-order valence-electron chi connectivity index (χ2n) is 4.28. The Labute approximate surface area is 116 Å². The van der Waals surface area contributed by atoms with Crippen LogP contribution in [-0.4, -0.2) is 34.6 Å². The third kappa shape index (κ3) is 3.94. The number of quaternary nitrogens is 1. The molecule has 0 radical (unpaired) electrons. The van der Waals surface area contributed by atoms with Crippen LogP contribution in [0.4, 0.5) is 13.2 Å². The normalized spacial score (nSPS) is 12.1. The molecule has 0 atom stereocenters. The van der Waals surface area contributed by atoms with Gasteiger partial charge in [-0.05, 0) is 26.0 Å². The number of nitrogens with one attached hydrogen (secondary N) is 2. The van der Waals surface area contributed by atoms with Crippen molar-refractivity contribution in [3.8, 4) is 0 Å². The van der Waals surface area contributed by atoms with Crippen LogP contribution in [0.5, 0.6) is 0 Å². The monoisotopic (exact) mass is 311 g/mol. The first-order chi connectivity index (χ1) is 9.33. The summed E-state index contributed by atoms with van der Waals surface area (Å²) in [7, 11) is -4.19. The number of benzene rings is 1. The molecule has 0 spiro atoms. The molecule has 0 bridgehead atoms. The van der Waals surface area contributed by atoms with Crippen molar-refractivity contribution in [2.75, 3.05) is 26.2 Å². The van der Waals surface area contributed by atoms with E-state index in [0.29, 0.717) is 18.7 Å². The summed E-state index contributed by atoms with van der Waals surface area (Å²) in [5.74, 6) is -4.91. The molecule has 20 heavy (non-hydrogen) atoms. The Morgan fingerprint density at radius 1 is 1.10 bits per heavy atom. The molecule has 0 aromatic heterocycles. The smallest absolute Gasteiger partial charge is 0.243 e. The predicted molar refractivity (Wildman–Crippen MR) is 68.4 cm³/mol. The minimum Gasteiger partial charge on any atom is -0.334 e. The van der Waals surface area contributed by atoms with Gasteiger partial charge in [-0.2, -0.15) is 0 Å². The van der Waals surface area contributed by atoms with Crippen molar-refractivity contribution in [1.82, 2.24) is 4.72 Å². The van der Waals surface area contributed by atoms with Crippen molar-refractivity contribution < 1.29 is 26.5 Å². The summed E-state index contributed by atoms with van der Waals surface area (Å²) >= 11 is 0. The van der Waals surface area contributed by atoms with Gasteiger partial charge in [0.15, 0.2) is 17.5 Å². The molecule has 0 aliphatic carbocycles. The highest BCUT2D eigenvalue weighted by Gasteiger charge is 2.23. The minimum absolute atomic E-state index is 0.0950. The molecule has 4 nitrogen and oxygen atoms in total. The third-order valence-corrected chi connectivity index (χ3v) is 4.54. The molecule has 0 fully saturated rings. The van der Waals surface area contributed by atoms with Crippen LogP contribution in [0.2, 0.25) is 0 Å². The first kappa shape index (κ1) is 16.9. The quantitative estimate of drug-likeness (QED) is 0.712. The van der Waals surface area contributed by atoms with Crippen molar-refractivity contribution in [2.45, 2.75) is 18.7 Å². The number of rotatable bonds is 7. The van der Waals surface area contributed by atoms with E-state index in [-0.39, 0.29) is 6.54 Å². The lowest BCUT2D eigenvalue weighted by molar-refractivity contribution is -0.895. The molecule has 0 heterocycles. The molecule has 0 aliphatic heterocycles. The zero-order chi connectivity index (χ0) is 15.3. The number of hydrogen-bond acceptors (Lipinski definition) is 2. The summed E-state index contributed by atoms with van der Waals surface area (Å²) in [4.78, 5) is 0.282. The van der Waals surface area contributed by atoms with E-state index in [2.05, 4.69) is 4.72 Å². The van der Waals surface area contributed by atoms with Gasteiger partial charge in [-0.25, -0.2) is 26.3 Å². The van der Waals surface area contributed by atoms with Crippen LogP contribution in [0, 0.1) is 17.5 Å². The number of sulfonamides is 1. The van der Waals surface area contributed by atoms with Gasteiger partial charge < -0.3 is 4.90 Å². The molecule has 0 saturated carbocycles. The Kier molecular flexibility index (Phi) is 5.97. The van der Waals surface area contributed by atoms with Gasteiger partial charge in [0, 0.05) is 0 Å². The Balaban J connectivity index is 2.82. The van der Waals surface area contributed by atoms with Crippen LogP contribution in [0.1, 0.15) is 13.8 Å². The molecule has 114 valence electrons. The van der Waals surface area contributed by atoms with Crippen LogP contribution in [-0.2, 0) is 10.0 Å². The zero-order valence-electron chi connectivity index (χ0n) is 11.3. The molecule has 1 aromatic rings. The summed E-state index contributed by atoms with van der Waals surface area (Å²) in [5, 5.41) is 0. The topological polar surface area (TPSA) is 50.6 Å². The first-order valence-electron chi connectivity index (χ1n) is 6.30. The lowest BCUT2D eigenvalue weighted by Crippen LogP contribution is -3.12. The van der Waals surface area contributed by atoms with Crippen molar-refractivity contribution in [2.24, 2.45) is 0 Å². The lowest BCUT2D eigenvalue weighted by Gasteiger charge is -2.15. The standard InChI is InChI=1S/C12H17F3N2O2S/c1-3-17(4-2)8-7-16-20(18,19)10-6-5-9(13)11(14)12(10)15/h5-6,16H,3-4,7-8H2,1-2H3/p+1. The largest absolute Gasteiger partial charge is 0.334 e. The van der Waals surface area contributed by atoms with Crippen molar-refractivity contribution in [3.05, 3.63) is 29.6 Å². The van der Waals surface area contributed by atoms with Gasteiger partial charge in [0.25, 0.3) is 0 Å². The van der Waals surface area contributed by atoms with E-state index in [4.69, 9.17) is 0 Å². The van der Waals surface area contributed by atoms with Crippen LogP contribution < -0.4 is 9.62 Å². The molecular formula is C12H18F3N2O2S+. The van der Waals surface area contributed by atoms with Crippen LogP contribution in [0.25, 0.3) is 0 Å². The fourth-order valence-electron chi connectivity index (χ4n) is 1.76. The van der Waals surface area contributed by atoms with Crippen LogP contribution in [0.3, 0.4) is 0 Å².